The molecule has 21 heavy (non-hydrogen) atoms. The standard InChI is InChI=1S/C16H20N2O3/c17-15(20)9-1-3-10(4-2-9)16(21)18-14-12-6-5-11(7-12)13(14)8-19/h1-4,11-14,19H,5-8H2,(H2,17,20)(H,18,21). The van der Waals surface area contributed by atoms with E-state index in [1.54, 1.807) is 24.3 Å². The number of carbonyl (C=O) groups excluding carboxylic acids is 2. The number of fused-ring (bicyclic) bond motifs is 2. The van der Waals surface area contributed by atoms with Crippen LogP contribution < -0.4 is 11.1 Å². The molecule has 0 radical (unpaired) electrons. The van der Waals surface area contributed by atoms with Gasteiger partial charge in [-0.15, -0.1) is 0 Å². The van der Waals surface area contributed by atoms with Crippen LogP contribution in [0.25, 0.3) is 0 Å². The van der Waals surface area contributed by atoms with E-state index in [1.807, 2.05) is 0 Å². The van der Waals surface area contributed by atoms with E-state index in [0.717, 1.165) is 19.3 Å². The summed E-state index contributed by atoms with van der Waals surface area (Å²) in [6, 6.07) is 6.40. The number of primary amides is 1. The van der Waals surface area contributed by atoms with Crippen molar-refractivity contribution in [3.63, 3.8) is 0 Å². The number of aliphatic hydroxyl groups is 1. The van der Waals surface area contributed by atoms with Crippen LogP contribution in [0.2, 0.25) is 0 Å². The fraction of sp³-hybridized carbons (Fsp3) is 0.500. The molecule has 0 aliphatic heterocycles. The maximum Gasteiger partial charge on any atom is 0.251 e. The Hall–Kier alpha value is -1.88. The molecule has 3 rings (SSSR count). The van der Waals surface area contributed by atoms with Gasteiger partial charge in [-0.1, -0.05) is 0 Å². The van der Waals surface area contributed by atoms with Crippen LogP contribution in [-0.2, 0) is 0 Å². The molecule has 2 bridgehead atoms. The van der Waals surface area contributed by atoms with Crippen molar-refractivity contribution < 1.29 is 14.7 Å². The Morgan fingerprint density at radius 3 is 2.38 bits per heavy atom. The number of nitrogens with two attached hydrogens (primary N) is 1. The highest BCUT2D eigenvalue weighted by molar-refractivity contribution is 5.97. The maximum atomic E-state index is 12.3. The summed E-state index contributed by atoms with van der Waals surface area (Å²) in [5.41, 5.74) is 6.08. The van der Waals surface area contributed by atoms with Gasteiger partial charge in [-0.25, -0.2) is 0 Å². The van der Waals surface area contributed by atoms with E-state index >= 15 is 0 Å². The minimum Gasteiger partial charge on any atom is -0.396 e. The van der Waals surface area contributed by atoms with Crippen LogP contribution >= 0.6 is 0 Å². The van der Waals surface area contributed by atoms with Crippen LogP contribution in [0.4, 0.5) is 0 Å². The molecule has 5 nitrogen and oxygen atoms in total. The number of aliphatic hydroxyl groups excluding tert-OH is 1. The Morgan fingerprint density at radius 2 is 1.76 bits per heavy atom. The van der Waals surface area contributed by atoms with Crippen LogP contribution in [0.5, 0.6) is 0 Å². The molecule has 2 saturated carbocycles. The molecule has 0 heterocycles. The van der Waals surface area contributed by atoms with Gasteiger partial charge < -0.3 is 16.2 Å². The number of hydrogen-bond acceptors (Lipinski definition) is 3. The smallest absolute Gasteiger partial charge is 0.251 e. The molecule has 1 aromatic carbocycles. The number of rotatable bonds is 4. The molecule has 5 heteroatoms. The van der Waals surface area contributed by atoms with Gasteiger partial charge in [0.2, 0.25) is 5.91 Å². The number of amides is 2. The second kappa shape index (κ2) is 5.48. The first-order chi connectivity index (χ1) is 10.1. The van der Waals surface area contributed by atoms with E-state index in [0.29, 0.717) is 23.0 Å². The molecular formula is C16H20N2O3. The zero-order valence-electron chi connectivity index (χ0n) is 11.8. The first-order valence-corrected chi connectivity index (χ1v) is 7.41. The van der Waals surface area contributed by atoms with E-state index in [2.05, 4.69) is 5.32 Å². The summed E-state index contributed by atoms with van der Waals surface area (Å²) in [6.07, 6.45) is 3.40. The molecule has 4 atom stereocenters. The summed E-state index contributed by atoms with van der Waals surface area (Å²) < 4.78 is 0. The Bertz CT molecular complexity index is 555. The zero-order chi connectivity index (χ0) is 15.0. The molecule has 2 aliphatic rings. The molecule has 4 unspecified atom stereocenters. The number of hydrogen-bond donors (Lipinski definition) is 3. The van der Waals surface area contributed by atoms with Crippen LogP contribution in [0, 0.1) is 17.8 Å². The van der Waals surface area contributed by atoms with Crippen molar-refractivity contribution in [3.8, 4) is 0 Å². The van der Waals surface area contributed by atoms with Crippen molar-refractivity contribution in [3.05, 3.63) is 35.4 Å². The summed E-state index contributed by atoms with van der Waals surface area (Å²) in [4.78, 5) is 23.3. The highest BCUT2D eigenvalue weighted by atomic mass is 16.3. The van der Waals surface area contributed by atoms with E-state index in [-0.39, 0.29) is 24.5 Å². The van der Waals surface area contributed by atoms with Crippen LogP contribution in [0.1, 0.15) is 40.0 Å². The Labute approximate surface area is 123 Å². The van der Waals surface area contributed by atoms with Gasteiger partial charge in [0.15, 0.2) is 0 Å². The van der Waals surface area contributed by atoms with E-state index in [9.17, 15) is 14.7 Å². The molecule has 2 aliphatic carbocycles. The number of benzene rings is 1. The second-order valence-corrected chi connectivity index (χ2v) is 6.12. The van der Waals surface area contributed by atoms with Crippen molar-refractivity contribution in [1.82, 2.24) is 5.32 Å². The van der Waals surface area contributed by atoms with Gasteiger partial charge in [0.1, 0.15) is 0 Å². The maximum absolute atomic E-state index is 12.3. The van der Waals surface area contributed by atoms with Crippen LogP contribution in [0.3, 0.4) is 0 Å². The fourth-order valence-corrected chi connectivity index (χ4v) is 3.92. The number of nitrogens with one attached hydrogen (secondary N) is 1. The topological polar surface area (TPSA) is 92.4 Å². The molecule has 1 aromatic rings. The lowest BCUT2D eigenvalue weighted by Crippen LogP contribution is -2.45. The third-order valence-electron chi connectivity index (χ3n) is 5.03. The summed E-state index contributed by atoms with van der Waals surface area (Å²) in [7, 11) is 0. The van der Waals surface area contributed by atoms with Gasteiger partial charge in [-0.3, -0.25) is 9.59 Å². The average molecular weight is 288 g/mol. The minimum absolute atomic E-state index is 0.0667. The monoisotopic (exact) mass is 288 g/mol. The molecular weight excluding hydrogens is 268 g/mol. The quantitative estimate of drug-likeness (QED) is 0.769. The van der Waals surface area contributed by atoms with Crippen molar-refractivity contribution in [1.29, 1.82) is 0 Å². The van der Waals surface area contributed by atoms with Gasteiger partial charge in [0, 0.05) is 29.7 Å². The highest BCUT2D eigenvalue weighted by Crippen LogP contribution is 2.48. The minimum atomic E-state index is -0.504. The van der Waals surface area contributed by atoms with E-state index < -0.39 is 5.91 Å². The molecule has 2 fully saturated rings. The predicted octanol–water partition coefficient (Wildman–Crippen LogP) is 0.922. The lowest BCUT2D eigenvalue weighted by atomic mass is 9.85. The first kappa shape index (κ1) is 14.1. The van der Waals surface area contributed by atoms with Crippen molar-refractivity contribution in [2.45, 2.75) is 25.3 Å². The summed E-state index contributed by atoms with van der Waals surface area (Å²) >= 11 is 0. The Kier molecular flexibility index (Phi) is 3.68. The summed E-state index contributed by atoms with van der Waals surface area (Å²) in [6.45, 7) is 0.132. The van der Waals surface area contributed by atoms with Crippen LogP contribution in [0.15, 0.2) is 24.3 Å². The fourth-order valence-electron chi connectivity index (χ4n) is 3.92. The van der Waals surface area contributed by atoms with E-state index in [1.165, 1.54) is 0 Å². The molecule has 112 valence electrons. The summed E-state index contributed by atoms with van der Waals surface area (Å²) in [5, 5.41) is 12.6. The molecule has 0 spiro atoms. The van der Waals surface area contributed by atoms with Gasteiger partial charge in [0.05, 0.1) is 0 Å². The van der Waals surface area contributed by atoms with Gasteiger partial charge in [-0.05, 0) is 55.4 Å². The zero-order valence-corrected chi connectivity index (χ0v) is 11.8. The first-order valence-electron chi connectivity index (χ1n) is 7.41. The largest absolute Gasteiger partial charge is 0.396 e. The lowest BCUT2D eigenvalue weighted by molar-refractivity contribution is 0.0860. The van der Waals surface area contributed by atoms with Crippen molar-refractivity contribution in [2.75, 3.05) is 6.61 Å². The summed E-state index contributed by atoms with van der Waals surface area (Å²) in [5.74, 6) is 0.554. The van der Waals surface area contributed by atoms with E-state index in [4.69, 9.17) is 5.73 Å². The van der Waals surface area contributed by atoms with Crippen LogP contribution in [-0.4, -0.2) is 29.6 Å². The van der Waals surface area contributed by atoms with Crippen molar-refractivity contribution >= 4 is 11.8 Å². The predicted molar refractivity (Wildman–Crippen MR) is 77.6 cm³/mol. The Morgan fingerprint density at radius 1 is 1.14 bits per heavy atom. The SMILES string of the molecule is NC(=O)c1ccc(C(=O)NC2C3CCC(C3)C2CO)cc1. The van der Waals surface area contributed by atoms with Crippen molar-refractivity contribution in [2.24, 2.45) is 23.5 Å². The van der Waals surface area contributed by atoms with Gasteiger partial charge in [0.25, 0.3) is 5.91 Å². The molecule has 0 aromatic heterocycles. The lowest BCUT2D eigenvalue weighted by Gasteiger charge is -2.30. The molecule has 0 saturated heterocycles. The Balaban J connectivity index is 1.70. The molecule has 4 N–H and O–H groups in total. The molecule has 2 amide bonds. The second-order valence-electron chi connectivity index (χ2n) is 6.12. The third-order valence-corrected chi connectivity index (χ3v) is 5.03. The van der Waals surface area contributed by atoms with Gasteiger partial charge in [-0.2, -0.15) is 0 Å². The van der Waals surface area contributed by atoms with Gasteiger partial charge >= 0.3 is 0 Å². The third kappa shape index (κ3) is 2.53. The number of carbonyl (C=O) groups is 2. The average Bonchev–Trinajstić information content (AvgIpc) is 3.08. The highest BCUT2D eigenvalue weighted by Gasteiger charge is 2.47. The normalized spacial score (nSPS) is 30.3.